The maximum absolute atomic E-state index is 12.7. The number of nitrogens with one attached hydrogen (secondary N) is 1. The Morgan fingerprint density at radius 2 is 1.78 bits per heavy atom. The Balaban J connectivity index is 1.17. The van der Waals surface area contributed by atoms with Crippen LogP contribution in [0, 0.1) is 13.8 Å². The Morgan fingerprint density at radius 1 is 1.03 bits per heavy atom. The summed E-state index contributed by atoms with van der Waals surface area (Å²) in [6.45, 7) is 7.02. The number of hydrogen-bond acceptors (Lipinski definition) is 5. The predicted octanol–water partition coefficient (Wildman–Crippen LogP) is 4.98. The van der Waals surface area contributed by atoms with E-state index < -0.39 is 0 Å². The van der Waals surface area contributed by atoms with Crippen molar-refractivity contribution in [2.75, 3.05) is 36.4 Å². The molecule has 1 aliphatic heterocycles. The van der Waals surface area contributed by atoms with Crippen LogP contribution in [0.4, 0.5) is 16.2 Å². The number of piperazine rings is 1. The number of benzene rings is 2. The summed E-state index contributed by atoms with van der Waals surface area (Å²) in [4.78, 5) is 21.5. The maximum atomic E-state index is 12.7. The van der Waals surface area contributed by atoms with Gasteiger partial charge in [0.05, 0.1) is 0 Å². The van der Waals surface area contributed by atoms with Crippen molar-refractivity contribution in [3.05, 3.63) is 59.5 Å². The summed E-state index contributed by atoms with van der Waals surface area (Å²) in [5.74, 6) is 1.87. The highest BCUT2D eigenvalue weighted by Gasteiger charge is 2.26. The quantitative estimate of drug-likeness (QED) is 0.631. The molecule has 7 nitrogen and oxygen atoms in total. The number of carbonyl (C=O) groups is 1. The average Bonchev–Trinajstić information content (AvgIpc) is 3.25. The van der Waals surface area contributed by atoms with Gasteiger partial charge in [-0.1, -0.05) is 23.7 Å². The van der Waals surface area contributed by atoms with E-state index in [-0.39, 0.29) is 6.03 Å². The Kier molecular flexibility index (Phi) is 5.55. The second kappa shape index (κ2) is 8.65. The van der Waals surface area contributed by atoms with Gasteiger partial charge in [0.2, 0.25) is 11.7 Å². The zero-order valence-corrected chi connectivity index (χ0v) is 18.7. The molecule has 7 heteroatoms. The molecular weight excluding hydrogens is 402 g/mol. The summed E-state index contributed by atoms with van der Waals surface area (Å²) in [7, 11) is 0. The molecule has 1 aromatic heterocycles. The molecule has 3 aromatic rings. The second-order valence-corrected chi connectivity index (χ2v) is 8.85. The van der Waals surface area contributed by atoms with Gasteiger partial charge in [0.1, 0.15) is 0 Å². The van der Waals surface area contributed by atoms with Crippen molar-refractivity contribution in [1.82, 2.24) is 15.0 Å². The lowest BCUT2D eigenvalue weighted by molar-refractivity contribution is 0.208. The number of anilines is 2. The number of urea groups is 1. The number of amides is 2. The molecule has 0 spiro atoms. The first-order valence-electron chi connectivity index (χ1n) is 11.4. The SMILES string of the molecule is Cc1ccc(C)c(NC(=O)N2CCN(c3ccc(-c4noc(C5CCC5)n4)cc3)CC2)c1. The first-order valence-corrected chi connectivity index (χ1v) is 11.4. The van der Waals surface area contributed by atoms with E-state index in [0.29, 0.717) is 24.8 Å². The fourth-order valence-electron chi connectivity index (χ4n) is 4.23. The standard InChI is InChI=1S/C25H29N5O2/c1-17-6-7-18(2)22(16-17)26-25(31)30-14-12-29(13-15-30)21-10-8-19(9-11-21)23-27-24(32-28-23)20-4-3-5-20/h6-11,16,20H,3-5,12-15H2,1-2H3,(H,26,31). The molecule has 0 radical (unpaired) electrons. The van der Waals surface area contributed by atoms with Crippen molar-refractivity contribution in [3.8, 4) is 11.4 Å². The molecule has 0 bridgehead atoms. The van der Waals surface area contributed by atoms with Gasteiger partial charge >= 0.3 is 6.03 Å². The van der Waals surface area contributed by atoms with Crippen molar-refractivity contribution in [2.45, 2.75) is 39.0 Å². The van der Waals surface area contributed by atoms with Crippen LogP contribution >= 0.6 is 0 Å². The first kappa shape index (κ1) is 20.5. The fraction of sp³-hybridized carbons (Fsp3) is 0.400. The zero-order chi connectivity index (χ0) is 22.1. The molecule has 32 heavy (non-hydrogen) atoms. The Hall–Kier alpha value is -3.35. The van der Waals surface area contributed by atoms with E-state index in [0.717, 1.165) is 59.9 Å². The van der Waals surface area contributed by atoms with Crippen LogP contribution in [0.25, 0.3) is 11.4 Å². The Labute approximate surface area is 188 Å². The molecule has 0 unspecified atom stereocenters. The third kappa shape index (κ3) is 4.20. The van der Waals surface area contributed by atoms with Gasteiger partial charge in [-0.05, 0) is 68.1 Å². The van der Waals surface area contributed by atoms with Crippen LogP contribution < -0.4 is 10.2 Å². The number of aryl methyl sites for hydroxylation is 2. The van der Waals surface area contributed by atoms with Gasteiger partial charge < -0.3 is 19.6 Å². The number of nitrogens with zero attached hydrogens (tertiary/aromatic N) is 4. The zero-order valence-electron chi connectivity index (χ0n) is 18.7. The van der Waals surface area contributed by atoms with E-state index in [1.165, 1.54) is 6.42 Å². The van der Waals surface area contributed by atoms with E-state index in [4.69, 9.17) is 4.52 Å². The van der Waals surface area contributed by atoms with Gasteiger partial charge in [-0.15, -0.1) is 0 Å². The molecule has 166 valence electrons. The highest BCUT2D eigenvalue weighted by molar-refractivity contribution is 5.90. The lowest BCUT2D eigenvalue weighted by atomic mass is 9.85. The number of hydrogen-bond donors (Lipinski definition) is 1. The average molecular weight is 432 g/mol. The van der Waals surface area contributed by atoms with Gasteiger partial charge in [0, 0.05) is 49.0 Å². The van der Waals surface area contributed by atoms with Gasteiger partial charge in [-0.25, -0.2) is 4.79 Å². The van der Waals surface area contributed by atoms with Crippen molar-refractivity contribution in [2.24, 2.45) is 0 Å². The minimum atomic E-state index is -0.0342. The van der Waals surface area contributed by atoms with Crippen molar-refractivity contribution in [3.63, 3.8) is 0 Å². The Morgan fingerprint density at radius 3 is 2.47 bits per heavy atom. The van der Waals surface area contributed by atoms with Crippen LogP contribution in [0.5, 0.6) is 0 Å². The van der Waals surface area contributed by atoms with Gasteiger partial charge in [-0.2, -0.15) is 4.98 Å². The van der Waals surface area contributed by atoms with Crippen LogP contribution in [0.3, 0.4) is 0 Å². The molecule has 0 atom stereocenters. The summed E-state index contributed by atoms with van der Waals surface area (Å²) in [5, 5.41) is 7.22. The number of rotatable bonds is 4. The van der Waals surface area contributed by atoms with Gasteiger partial charge in [-0.3, -0.25) is 0 Å². The maximum Gasteiger partial charge on any atom is 0.321 e. The third-order valence-corrected chi connectivity index (χ3v) is 6.59. The third-order valence-electron chi connectivity index (χ3n) is 6.59. The molecule has 2 aromatic carbocycles. The molecular formula is C25H29N5O2. The summed E-state index contributed by atoms with van der Waals surface area (Å²) in [6, 6.07) is 14.4. The lowest BCUT2D eigenvalue weighted by Crippen LogP contribution is -2.50. The monoisotopic (exact) mass is 431 g/mol. The van der Waals surface area contributed by atoms with Crippen LogP contribution in [0.1, 0.15) is 42.2 Å². The van der Waals surface area contributed by atoms with Crippen LogP contribution in [-0.4, -0.2) is 47.3 Å². The van der Waals surface area contributed by atoms with Crippen LogP contribution in [0.2, 0.25) is 0 Å². The molecule has 2 fully saturated rings. The number of carbonyl (C=O) groups excluding carboxylic acids is 1. The molecule has 2 heterocycles. The summed E-state index contributed by atoms with van der Waals surface area (Å²) in [5.41, 5.74) is 5.21. The molecule has 1 N–H and O–H groups in total. The normalized spacial score (nSPS) is 16.7. The number of aromatic nitrogens is 2. The van der Waals surface area contributed by atoms with Crippen molar-refractivity contribution >= 4 is 17.4 Å². The highest BCUT2D eigenvalue weighted by atomic mass is 16.5. The van der Waals surface area contributed by atoms with E-state index >= 15 is 0 Å². The summed E-state index contributed by atoms with van der Waals surface area (Å²) in [6.07, 6.45) is 3.54. The predicted molar refractivity (Wildman–Crippen MR) is 125 cm³/mol. The van der Waals surface area contributed by atoms with Crippen LogP contribution in [0.15, 0.2) is 47.0 Å². The van der Waals surface area contributed by atoms with E-state index in [9.17, 15) is 4.79 Å². The first-order chi connectivity index (χ1) is 15.6. The molecule has 2 aliphatic rings. The largest absolute Gasteiger partial charge is 0.368 e. The van der Waals surface area contributed by atoms with E-state index in [1.54, 1.807) is 0 Å². The summed E-state index contributed by atoms with van der Waals surface area (Å²) >= 11 is 0. The van der Waals surface area contributed by atoms with E-state index in [1.807, 2.05) is 43.0 Å². The molecule has 1 saturated carbocycles. The van der Waals surface area contributed by atoms with Crippen molar-refractivity contribution < 1.29 is 9.32 Å². The van der Waals surface area contributed by atoms with Gasteiger partial charge in [0.25, 0.3) is 0 Å². The molecule has 5 rings (SSSR count). The molecule has 1 aliphatic carbocycles. The Bertz CT molecular complexity index is 1100. The fourth-order valence-corrected chi connectivity index (χ4v) is 4.23. The van der Waals surface area contributed by atoms with E-state index in [2.05, 4.69) is 38.6 Å². The topological polar surface area (TPSA) is 74.5 Å². The minimum absolute atomic E-state index is 0.0342. The smallest absolute Gasteiger partial charge is 0.321 e. The second-order valence-electron chi connectivity index (χ2n) is 8.85. The highest BCUT2D eigenvalue weighted by Crippen LogP contribution is 2.36. The van der Waals surface area contributed by atoms with Crippen LogP contribution in [-0.2, 0) is 0 Å². The minimum Gasteiger partial charge on any atom is -0.368 e. The lowest BCUT2D eigenvalue weighted by Gasteiger charge is -2.36. The molecule has 2 amide bonds. The summed E-state index contributed by atoms with van der Waals surface area (Å²) < 4.78 is 5.45. The molecule has 1 saturated heterocycles. The van der Waals surface area contributed by atoms with Crippen molar-refractivity contribution in [1.29, 1.82) is 0 Å². The van der Waals surface area contributed by atoms with Gasteiger partial charge in [0.15, 0.2) is 0 Å².